The van der Waals surface area contributed by atoms with Gasteiger partial charge in [-0.1, -0.05) is 71.6 Å². The Hall–Kier alpha value is -1.04. The maximum atomic E-state index is 3.75. The monoisotopic (exact) mass is 222 g/mol. The van der Waals surface area contributed by atoms with Crippen LogP contribution in [0.3, 0.4) is 0 Å². The molecule has 0 nitrogen and oxygen atoms in total. The largest absolute Gasteiger partial charge is 0.103 e. The van der Waals surface area contributed by atoms with Gasteiger partial charge in [0.15, 0.2) is 0 Å². The van der Waals surface area contributed by atoms with E-state index in [4.69, 9.17) is 0 Å². The van der Waals surface area contributed by atoms with Crippen molar-refractivity contribution in [3.63, 3.8) is 0 Å². The third-order valence-electron chi connectivity index (χ3n) is 2.40. The quantitative estimate of drug-likeness (QED) is 0.417. The van der Waals surface area contributed by atoms with Gasteiger partial charge in [-0.25, -0.2) is 0 Å². The Labute approximate surface area is 103 Å². The lowest BCUT2D eigenvalue weighted by Crippen LogP contribution is -2.15. The van der Waals surface area contributed by atoms with Crippen molar-refractivity contribution >= 4 is 0 Å². The van der Waals surface area contributed by atoms with Crippen molar-refractivity contribution in [1.29, 1.82) is 0 Å². The molecule has 94 valence electrons. The molecule has 0 aliphatic rings. The Bertz CT molecular complexity index is 206. The molecular weight excluding hydrogens is 192 g/mol. The molecule has 0 saturated carbocycles. The summed E-state index contributed by atoms with van der Waals surface area (Å²) in [5.74, 6) is 0.509. The van der Waals surface area contributed by atoms with E-state index in [1.165, 1.54) is 0 Å². The van der Waals surface area contributed by atoms with Crippen LogP contribution in [0.25, 0.3) is 0 Å². The van der Waals surface area contributed by atoms with Gasteiger partial charge in [0.25, 0.3) is 0 Å². The molecule has 0 radical (unpaired) electrons. The van der Waals surface area contributed by atoms with Gasteiger partial charge in [-0.05, 0) is 18.3 Å². The van der Waals surface area contributed by atoms with E-state index in [0.29, 0.717) is 5.92 Å². The molecular formula is C16H30. The first-order valence-corrected chi connectivity index (χ1v) is 5.86. The van der Waals surface area contributed by atoms with Crippen LogP contribution in [-0.4, -0.2) is 0 Å². The standard InChI is InChI=1S/C9H16.C5H8.C2H6/c1-6-8(3)9(4,5)7-2;1-4-5(2)3;1-2/h6-8H,1-2H2,3-5H3;4H,1-2H2,3H3;1-2H3/t8-;;/m1../s1. The lowest BCUT2D eigenvalue weighted by Gasteiger charge is -2.24. The van der Waals surface area contributed by atoms with Crippen LogP contribution < -0.4 is 0 Å². The number of rotatable bonds is 4. The van der Waals surface area contributed by atoms with Crippen molar-refractivity contribution < 1.29 is 0 Å². The van der Waals surface area contributed by atoms with Crippen molar-refractivity contribution in [3.05, 3.63) is 50.1 Å². The molecule has 0 unspecified atom stereocenters. The molecule has 0 saturated heterocycles. The minimum Gasteiger partial charge on any atom is -0.103 e. The summed E-state index contributed by atoms with van der Waals surface area (Å²) in [5, 5.41) is 0. The topological polar surface area (TPSA) is 0 Å². The summed E-state index contributed by atoms with van der Waals surface area (Å²) in [4.78, 5) is 0. The lowest BCUT2D eigenvalue weighted by molar-refractivity contribution is 0.370. The summed E-state index contributed by atoms with van der Waals surface area (Å²) in [6, 6.07) is 0. The van der Waals surface area contributed by atoms with E-state index >= 15 is 0 Å². The summed E-state index contributed by atoms with van der Waals surface area (Å²) < 4.78 is 0. The molecule has 0 N–H and O–H groups in total. The molecule has 0 aliphatic heterocycles. The fourth-order valence-electron chi connectivity index (χ4n) is 0.490. The molecule has 0 rings (SSSR count). The molecule has 0 heteroatoms. The van der Waals surface area contributed by atoms with Crippen LogP contribution in [0.1, 0.15) is 41.5 Å². The Balaban J connectivity index is -0.000000205. The van der Waals surface area contributed by atoms with Crippen molar-refractivity contribution in [2.75, 3.05) is 0 Å². The van der Waals surface area contributed by atoms with Crippen LogP contribution in [0, 0.1) is 11.3 Å². The van der Waals surface area contributed by atoms with Gasteiger partial charge >= 0.3 is 0 Å². The zero-order chi connectivity index (χ0) is 13.8. The Morgan fingerprint density at radius 2 is 1.44 bits per heavy atom. The van der Waals surface area contributed by atoms with Crippen LogP contribution in [0.5, 0.6) is 0 Å². The van der Waals surface area contributed by atoms with Gasteiger partial charge in [-0.15, -0.1) is 13.2 Å². The first-order chi connectivity index (χ1) is 7.31. The van der Waals surface area contributed by atoms with E-state index in [-0.39, 0.29) is 5.41 Å². The maximum Gasteiger partial charge on any atom is -0.0118 e. The van der Waals surface area contributed by atoms with Crippen molar-refractivity contribution in [3.8, 4) is 0 Å². The predicted octanol–water partition coefficient (Wildman–Crippen LogP) is 5.80. The van der Waals surface area contributed by atoms with Gasteiger partial charge in [0.2, 0.25) is 0 Å². The second kappa shape index (κ2) is 12.0. The predicted molar refractivity (Wildman–Crippen MR) is 79.7 cm³/mol. The Kier molecular flexibility index (Phi) is 15.3. The highest BCUT2D eigenvalue weighted by Gasteiger charge is 2.18. The van der Waals surface area contributed by atoms with Gasteiger partial charge in [0, 0.05) is 0 Å². The minimum atomic E-state index is 0.196. The molecule has 0 heterocycles. The molecule has 0 aromatic rings. The van der Waals surface area contributed by atoms with E-state index in [1.54, 1.807) is 6.08 Å². The fraction of sp³-hybridized carbons (Fsp3) is 0.500. The van der Waals surface area contributed by atoms with Crippen molar-refractivity contribution in [2.24, 2.45) is 11.3 Å². The summed E-state index contributed by atoms with van der Waals surface area (Å²) in [6.45, 7) is 26.9. The second-order valence-electron chi connectivity index (χ2n) is 4.10. The van der Waals surface area contributed by atoms with Crippen molar-refractivity contribution in [2.45, 2.75) is 41.5 Å². The molecule has 0 fully saturated rings. The summed E-state index contributed by atoms with van der Waals surface area (Å²) >= 11 is 0. The molecule has 16 heavy (non-hydrogen) atoms. The fourth-order valence-corrected chi connectivity index (χ4v) is 0.490. The molecule has 0 aliphatic carbocycles. The van der Waals surface area contributed by atoms with Crippen molar-refractivity contribution in [1.82, 2.24) is 0 Å². The van der Waals surface area contributed by atoms with E-state index in [0.717, 1.165) is 5.57 Å². The van der Waals surface area contributed by atoms with Gasteiger partial charge in [-0.3, -0.25) is 0 Å². The van der Waals surface area contributed by atoms with Gasteiger partial charge in [0.05, 0.1) is 0 Å². The molecule has 0 bridgehead atoms. The third kappa shape index (κ3) is 13.0. The molecule has 0 spiro atoms. The second-order valence-corrected chi connectivity index (χ2v) is 4.10. The molecule has 1 atom stereocenters. The Morgan fingerprint density at radius 3 is 1.50 bits per heavy atom. The lowest BCUT2D eigenvalue weighted by atomic mass is 9.80. The summed E-state index contributed by atoms with van der Waals surface area (Å²) in [6.07, 6.45) is 5.65. The number of hydrogen-bond donors (Lipinski definition) is 0. The third-order valence-corrected chi connectivity index (χ3v) is 2.40. The highest BCUT2D eigenvalue weighted by atomic mass is 14.2. The highest BCUT2D eigenvalue weighted by molar-refractivity contribution is 5.05. The van der Waals surface area contributed by atoms with Gasteiger partial charge in [0.1, 0.15) is 0 Å². The van der Waals surface area contributed by atoms with Crippen LogP contribution in [0.2, 0.25) is 0 Å². The molecule has 0 amide bonds. The summed E-state index contributed by atoms with van der Waals surface area (Å²) in [7, 11) is 0. The van der Waals surface area contributed by atoms with Gasteiger partial charge < -0.3 is 0 Å². The first kappa shape index (κ1) is 20.4. The zero-order valence-electron chi connectivity index (χ0n) is 12.1. The van der Waals surface area contributed by atoms with E-state index < -0.39 is 0 Å². The number of hydrogen-bond acceptors (Lipinski definition) is 0. The molecule has 0 aromatic heterocycles. The smallest absolute Gasteiger partial charge is 0.0118 e. The Morgan fingerprint density at radius 1 is 1.12 bits per heavy atom. The van der Waals surface area contributed by atoms with E-state index in [1.807, 2.05) is 32.9 Å². The van der Waals surface area contributed by atoms with Crippen LogP contribution >= 0.6 is 0 Å². The SMILES string of the molecule is C=CC(=C)C.C=C[C@@H](C)C(C)(C)C=C.CC. The normalized spacial score (nSPS) is 10.6. The number of allylic oxidation sites excluding steroid dienone is 4. The van der Waals surface area contributed by atoms with E-state index in [2.05, 4.69) is 47.1 Å². The maximum absolute atomic E-state index is 3.75. The van der Waals surface area contributed by atoms with E-state index in [9.17, 15) is 0 Å². The minimum absolute atomic E-state index is 0.196. The van der Waals surface area contributed by atoms with Crippen LogP contribution in [0.4, 0.5) is 0 Å². The average Bonchev–Trinajstić information content (AvgIpc) is 2.31. The van der Waals surface area contributed by atoms with Gasteiger partial charge in [-0.2, -0.15) is 0 Å². The van der Waals surface area contributed by atoms with Crippen LogP contribution in [0.15, 0.2) is 50.1 Å². The van der Waals surface area contributed by atoms with Crippen LogP contribution in [-0.2, 0) is 0 Å². The first-order valence-electron chi connectivity index (χ1n) is 5.86. The highest BCUT2D eigenvalue weighted by Crippen LogP contribution is 2.27. The average molecular weight is 222 g/mol. The molecule has 0 aromatic carbocycles. The summed E-state index contributed by atoms with van der Waals surface area (Å²) in [5.41, 5.74) is 1.21. The zero-order valence-corrected chi connectivity index (χ0v) is 12.1.